The average molecular weight is 497 g/mol. The Morgan fingerprint density at radius 3 is 2.65 bits per heavy atom. The van der Waals surface area contributed by atoms with Crippen LogP contribution in [0.25, 0.3) is 28.7 Å². The van der Waals surface area contributed by atoms with Gasteiger partial charge in [-0.05, 0) is 49.8 Å². The quantitative estimate of drug-likeness (QED) is 0.299. The SMILES string of the molecule is CCC(Nc1nc(N)nc(C)c1C=Cc1cnc[nH]1)c1nc2cccc(F)c2c(=O)n1-c1ccccc1. The summed E-state index contributed by atoms with van der Waals surface area (Å²) in [6.45, 7) is 3.81. The Morgan fingerprint density at radius 1 is 1.11 bits per heavy atom. The zero-order valence-corrected chi connectivity index (χ0v) is 20.3. The van der Waals surface area contributed by atoms with Crippen LogP contribution < -0.4 is 16.6 Å². The summed E-state index contributed by atoms with van der Waals surface area (Å²) < 4.78 is 16.2. The topological polar surface area (TPSA) is 127 Å². The summed E-state index contributed by atoms with van der Waals surface area (Å²) in [6, 6.07) is 13.0. The fourth-order valence-corrected chi connectivity index (χ4v) is 4.23. The smallest absolute Gasteiger partial charge is 0.269 e. The van der Waals surface area contributed by atoms with Gasteiger partial charge in [-0.15, -0.1) is 0 Å². The van der Waals surface area contributed by atoms with Gasteiger partial charge >= 0.3 is 0 Å². The van der Waals surface area contributed by atoms with Crippen LogP contribution in [0.5, 0.6) is 0 Å². The molecule has 1 atom stereocenters. The number of anilines is 2. The molecule has 37 heavy (non-hydrogen) atoms. The number of aromatic amines is 1. The first-order valence-corrected chi connectivity index (χ1v) is 11.8. The Morgan fingerprint density at radius 2 is 1.92 bits per heavy atom. The number of nitrogens with zero attached hydrogens (tertiary/aromatic N) is 5. The van der Waals surface area contributed by atoms with Gasteiger partial charge in [0.15, 0.2) is 0 Å². The maximum absolute atomic E-state index is 14.7. The first-order chi connectivity index (χ1) is 18.0. The summed E-state index contributed by atoms with van der Waals surface area (Å²) in [5, 5.41) is 3.36. The normalized spacial score (nSPS) is 12.3. The van der Waals surface area contributed by atoms with Gasteiger partial charge in [-0.1, -0.05) is 31.2 Å². The molecule has 4 N–H and O–H groups in total. The number of halogens is 1. The minimum Gasteiger partial charge on any atom is -0.368 e. The first-order valence-electron chi connectivity index (χ1n) is 11.8. The van der Waals surface area contributed by atoms with Crippen molar-refractivity contribution in [3.05, 3.63) is 100 Å². The van der Waals surface area contributed by atoms with Crippen LogP contribution in [0.4, 0.5) is 16.2 Å². The largest absolute Gasteiger partial charge is 0.368 e. The summed E-state index contributed by atoms with van der Waals surface area (Å²) >= 11 is 0. The van der Waals surface area contributed by atoms with Crippen molar-refractivity contribution in [2.75, 3.05) is 11.1 Å². The lowest BCUT2D eigenvalue weighted by Crippen LogP contribution is -2.29. The number of para-hydroxylation sites is 1. The molecule has 186 valence electrons. The molecule has 0 spiro atoms. The van der Waals surface area contributed by atoms with E-state index < -0.39 is 17.4 Å². The maximum atomic E-state index is 14.7. The van der Waals surface area contributed by atoms with Gasteiger partial charge in [0.2, 0.25) is 5.95 Å². The number of H-pyrrole nitrogens is 1. The van der Waals surface area contributed by atoms with Gasteiger partial charge < -0.3 is 16.0 Å². The van der Waals surface area contributed by atoms with E-state index in [4.69, 9.17) is 10.7 Å². The Bertz CT molecular complexity index is 1650. The molecule has 2 aromatic carbocycles. The van der Waals surface area contributed by atoms with E-state index in [2.05, 4.69) is 25.3 Å². The minimum absolute atomic E-state index is 0.0599. The standard InChI is InChI=1S/C27H25FN8O/c1-3-21(33-24-19(16(2)32-27(29)35-24)13-12-17-14-30-15-31-17)25-34-22-11-7-10-20(28)23(22)26(37)36(25)18-8-5-4-6-9-18/h4-15,21H,3H2,1-2H3,(H,30,31)(H3,29,32,33,35). The molecular formula is C27H25FN8O. The van der Waals surface area contributed by atoms with Crippen molar-refractivity contribution in [2.24, 2.45) is 0 Å². The molecule has 10 heteroatoms. The van der Waals surface area contributed by atoms with Crippen molar-refractivity contribution in [1.29, 1.82) is 0 Å². The van der Waals surface area contributed by atoms with Crippen molar-refractivity contribution < 1.29 is 4.39 Å². The highest BCUT2D eigenvalue weighted by atomic mass is 19.1. The number of hydrogen-bond acceptors (Lipinski definition) is 7. The fraction of sp³-hybridized carbons (Fsp3) is 0.148. The number of fused-ring (bicyclic) bond motifs is 1. The second-order valence-corrected chi connectivity index (χ2v) is 8.46. The first kappa shape index (κ1) is 23.9. The molecule has 0 aliphatic carbocycles. The highest BCUT2D eigenvalue weighted by Gasteiger charge is 2.23. The highest BCUT2D eigenvalue weighted by Crippen LogP contribution is 2.28. The third kappa shape index (κ3) is 4.68. The Balaban J connectivity index is 1.67. The number of benzene rings is 2. The van der Waals surface area contributed by atoms with Crippen molar-refractivity contribution >= 4 is 34.8 Å². The molecule has 0 aliphatic heterocycles. The molecule has 0 saturated carbocycles. The molecule has 0 bridgehead atoms. The van der Waals surface area contributed by atoms with E-state index in [0.717, 1.165) is 11.3 Å². The van der Waals surface area contributed by atoms with Crippen molar-refractivity contribution in [3.63, 3.8) is 0 Å². The van der Waals surface area contributed by atoms with Crippen molar-refractivity contribution in [3.8, 4) is 5.69 Å². The number of aromatic nitrogens is 6. The lowest BCUT2D eigenvalue weighted by Gasteiger charge is -2.23. The molecule has 1 unspecified atom stereocenters. The number of nitrogens with one attached hydrogen (secondary N) is 2. The van der Waals surface area contributed by atoms with E-state index in [-0.39, 0.29) is 16.9 Å². The van der Waals surface area contributed by atoms with E-state index in [1.54, 1.807) is 36.8 Å². The van der Waals surface area contributed by atoms with Gasteiger partial charge in [0, 0.05) is 5.56 Å². The molecule has 3 aromatic heterocycles. The molecule has 0 radical (unpaired) electrons. The van der Waals surface area contributed by atoms with E-state index >= 15 is 0 Å². The monoisotopic (exact) mass is 496 g/mol. The summed E-state index contributed by atoms with van der Waals surface area (Å²) in [5.74, 6) is 0.413. The third-order valence-electron chi connectivity index (χ3n) is 6.02. The van der Waals surface area contributed by atoms with E-state index in [0.29, 0.717) is 29.4 Å². The molecule has 9 nitrogen and oxygen atoms in total. The van der Waals surface area contributed by atoms with Crippen LogP contribution in [0.2, 0.25) is 0 Å². The number of rotatable bonds is 7. The average Bonchev–Trinajstić information content (AvgIpc) is 3.40. The number of hydrogen-bond donors (Lipinski definition) is 3. The molecule has 5 aromatic rings. The van der Waals surface area contributed by atoms with Crippen LogP contribution in [0.3, 0.4) is 0 Å². The Hall–Kier alpha value is -4.86. The molecule has 0 fully saturated rings. The number of nitrogen functional groups attached to an aromatic ring is 1. The van der Waals surface area contributed by atoms with Gasteiger partial charge in [-0.3, -0.25) is 9.36 Å². The summed E-state index contributed by atoms with van der Waals surface area (Å²) in [6.07, 6.45) is 7.56. The molecule has 5 rings (SSSR count). The summed E-state index contributed by atoms with van der Waals surface area (Å²) in [4.78, 5) is 34.2. The van der Waals surface area contributed by atoms with Crippen LogP contribution in [-0.2, 0) is 0 Å². The van der Waals surface area contributed by atoms with Crippen LogP contribution in [-0.4, -0.2) is 29.5 Å². The molecule has 0 aliphatic rings. The Labute approximate surface area is 212 Å². The fourth-order valence-electron chi connectivity index (χ4n) is 4.23. The van der Waals surface area contributed by atoms with Gasteiger partial charge in [0.05, 0.1) is 41.2 Å². The van der Waals surface area contributed by atoms with Crippen LogP contribution >= 0.6 is 0 Å². The molecule has 0 saturated heterocycles. The predicted molar refractivity (Wildman–Crippen MR) is 143 cm³/mol. The maximum Gasteiger partial charge on any atom is 0.269 e. The second kappa shape index (κ2) is 10.0. The van der Waals surface area contributed by atoms with Gasteiger partial charge in [-0.25, -0.2) is 19.3 Å². The third-order valence-corrected chi connectivity index (χ3v) is 6.02. The van der Waals surface area contributed by atoms with Crippen molar-refractivity contribution in [2.45, 2.75) is 26.3 Å². The molecule has 0 amide bonds. The predicted octanol–water partition coefficient (Wildman–Crippen LogP) is 4.66. The summed E-state index contributed by atoms with van der Waals surface area (Å²) in [5.41, 5.74) is 8.59. The lowest BCUT2D eigenvalue weighted by atomic mass is 10.1. The molecule has 3 heterocycles. The van der Waals surface area contributed by atoms with Crippen LogP contribution in [0.15, 0.2) is 65.8 Å². The van der Waals surface area contributed by atoms with E-state index in [1.807, 2.05) is 44.2 Å². The Kier molecular flexibility index (Phi) is 6.46. The van der Waals surface area contributed by atoms with Crippen molar-refractivity contribution in [1.82, 2.24) is 29.5 Å². The number of aryl methyl sites for hydroxylation is 1. The number of nitrogens with two attached hydrogens (primary N) is 1. The summed E-state index contributed by atoms with van der Waals surface area (Å²) in [7, 11) is 0. The number of imidazole rings is 1. The van der Waals surface area contributed by atoms with Gasteiger partial charge in [-0.2, -0.15) is 4.98 Å². The van der Waals surface area contributed by atoms with E-state index in [1.165, 1.54) is 10.6 Å². The van der Waals surface area contributed by atoms with Gasteiger partial charge in [0.25, 0.3) is 5.56 Å². The second-order valence-electron chi connectivity index (χ2n) is 8.46. The zero-order valence-electron chi connectivity index (χ0n) is 20.3. The van der Waals surface area contributed by atoms with Gasteiger partial charge in [0.1, 0.15) is 22.8 Å². The van der Waals surface area contributed by atoms with Crippen LogP contribution in [0.1, 0.15) is 42.2 Å². The lowest BCUT2D eigenvalue weighted by molar-refractivity contribution is 0.630. The minimum atomic E-state index is -0.613. The molecular weight excluding hydrogens is 471 g/mol. The highest BCUT2D eigenvalue weighted by molar-refractivity contribution is 5.79. The zero-order chi connectivity index (χ0) is 25.9. The van der Waals surface area contributed by atoms with Crippen LogP contribution in [0, 0.1) is 12.7 Å². The van der Waals surface area contributed by atoms with E-state index in [9.17, 15) is 9.18 Å².